The van der Waals surface area contributed by atoms with Crippen LogP contribution in [-0.2, 0) is 19.6 Å². The third-order valence-corrected chi connectivity index (χ3v) is 7.10. The number of esters is 1. The van der Waals surface area contributed by atoms with E-state index in [-0.39, 0.29) is 11.4 Å². The summed E-state index contributed by atoms with van der Waals surface area (Å²) in [6.07, 6.45) is 0.987. The molecule has 0 aromatic heterocycles. The molecule has 1 saturated heterocycles. The molecule has 1 fully saturated rings. The fourth-order valence-corrected chi connectivity index (χ4v) is 5.13. The second-order valence-electron chi connectivity index (χ2n) is 6.69. The molecule has 1 aliphatic heterocycles. The van der Waals surface area contributed by atoms with Crippen LogP contribution in [0.3, 0.4) is 0 Å². The first-order valence-corrected chi connectivity index (χ1v) is 10.8. The summed E-state index contributed by atoms with van der Waals surface area (Å²) in [4.78, 5) is 24.9. The molecular weight excluding hydrogens is 416 g/mol. The van der Waals surface area contributed by atoms with E-state index >= 15 is 0 Å². The summed E-state index contributed by atoms with van der Waals surface area (Å²) in [6.45, 7) is 1.95. The number of halogens is 1. The summed E-state index contributed by atoms with van der Waals surface area (Å²) in [5.74, 6) is -0.948. The maximum absolute atomic E-state index is 13.0. The van der Waals surface area contributed by atoms with Crippen molar-refractivity contribution in [3.63, 3.8) is 0 Å². The van der Waals surface area contributed by atoms with Crippen molar-refractivity contribution in [3.05, 3.63) is 58.6 Å². The first kappa shape index (κ1) is 21.3. The number of ether oxygens (including phenoxy) is 1. The Morgan fingerprint density at radius 2 is 1.86 bits per heavy atom. The van der Waals surface area contributed by atoms with Crippen molar-refractivity contribution >= 4 is 39.2 Å². The van der Waals surface area contributed by atoms with Crippen molar-refractivity contribution in [2.45, 2.75) is 30.7 Å². The molecule has 1 atom stereocenters. The normalized spacial score (nSPS) is 17.1. The Bertz CT molecular complexity index is 1040. The standard InChI is InChI=1S/C20H21ClN2O5S/c1-13-16(20(25)28-2)5-3-6-17(13)22-19(24)18-7-4-12-23(18)29(26,27)15-10-8-14(21)9-11-15/h3,5-6,8-11,18H,4,7,12H2,1-2H3,(H,22,24)/t18-/m1/s1. The van der Waals surface area contributed by atoms with E-state index < -0.39 is 27.9 Å². The van der Waals surface area contributed by atoms with E-state index in [4.69, 9.17) is 16.3 Å². The molecule has 2 aromatic rings. The molecule has 0 bridgehead atoms. The number of nitrogens with zero attached hydrogens (tertiary/aromatic N) is 1. The summed E-state index contributed by atoms with van der Waals surface area (Å²) in [6, 6.07) is 9.91. The Labute approximate surface area is 174 Å². The quantitative estimate of drug-likeness (QED) is 0.726. The summed E-state index contributed by atoms with van der Waals surface area (Å²) in [7, 11) is -2.56. The maximum atomic E-state index is 13.0. The topological polar surface area (TPSA) is 92.8 Å². The number of rotatable bonds is 5. The molecule has 0 unspecified atom stereocenters. The van der Waals surface area contributed by atoms with Crippen LogP contribution in [0.15, 0.2) is 47.4 Å². The van der Waals surface area contributed by atoms with Crippen LogP contribution in [0.25, 0.3) is 0 Å². The molecule has 29 heavy (non-hydrogen) atoms. The largest absolute Gasteiger partial charge is 0.465 e. The minimum atomic E-state index is -3.84. The van der Waals surface area contributed by atoms with Gasteiger partial charge in [-0.15, -0.1) is 0 Å². The van der Waals surface area contributed by atoms with Gasteiger partial charge in [0.25, 0.3) is 0 Å². The fourth-order valence-electron chi connectivity index (χ4n) is 3.35. The van der Waals surface area contributed by atoms with Gasteiger partial charge in [-0.05, 0) is 61.7 Å². The molecule has 0 spiro atoms. The second-order valence-corrected chi connectivity index (χ2v) is 9.01. The minimum absolute atomic E-state index is 0.0884. The van der Waals surface area contributed by atoms with Crippen LogP contribution in [0.2, 0.25) is 5.02 Å². The highest BCUT2D eigenvalue weighted by Gasteiger charge is 2.39. The van der Waals surface area contributed by atoms with Crippen LogP contribution < -0.4 is 5.32 Å². The number of hydrogen-bond donors (Lipinski definition) is 1. The van der Waals surface area contributed by atoms with Gasteiger partial charge in [0.1, 0.15) is 6.04 Å². The first-order chi connectivity index (χ1) is 13.8. The average Bonchev–Trinajstić information content (AvgIpc) is 3.20. The third-order valence-electron chi connectivity index (χ3n) is 4.92. The monoisotopic (exact) mass is 436 g/mol. The zero-order chi connectivity index (χ0) is 21.2. The number of nitrogens with one attached hydrogen (secondary N) is 1. The lowest BCUT2D eigenvalue weighted by molar-refractivity contribution is -0.119. The van der Waals surface area contributed by atoms with Gasteiger partial charge in [-0.25, -0.2) is 13.2 Å². The van der Waals surface area contributed by atoms with Gasteiger partial charge in [0, 0.05) is 17.3 Å². The van der Waals surface area contributed by atoms with Crippen molar-refractivity contribution in [2.24, 2.45) is 0 Å². The zero-order valence-corrected chi connectivity index (χ0v) is 17.6. The molecule has 2 aromatic carbocycles. The number of carbonyl (C=O) groups excluding carboxylic acids is 2. The van der Waals surface area contributed by atoms with Crippen LogP contribution in [-0.4, -0.2) is 44.3 Å². The Kier molecular flexibility index (Phi) is 6.26. The Hall–Kier alpha value is -2.42. The number of benzene rings is 2. The van der Waals surface area contributed by atoms with Crippen molar-refractivity contribution < 1.29 is 22.7 Å². The van der Waals surface area contributed by atoms with Gasteiger partial charge in [0.15, 0.2) is 0 Å². The molecule has 0 aliphatic carbocycles. The molecule has 1 heterocycles. The van der Waals surface area contributed by atoms with Crippen LogP contribution in [0.1, 0.15) is 28.8 Å². The average molecular weight is 437 g/mol. The molecule has 3 rings (SSSR count). The lowest BCUT2D eigenvalue weighted by Crippen LogP contribution is -2.43. The lowest BCUT2D eigenvalue weighted by atomic mass is 10.1. The van der Waals surface area contributed by atoms with Crippen LogP contribution in [0.4, 0.5) is 5.69 Å². The lowest BCUT2D eigenvalue weighted by Gasteiger charge is -2.24. The first-order valence-electron chi connectivity index (χ1n) is 9.02. The summed E-state index contributed by atoms with van der Waals surface area (Å²) < 4.78 is 32.0. The molecule has 0 saturated carbocycles. The number of amides is 1. The number of anilines is 1. The van der Waals surface area contributed by atoms with E-state index in [1.54, 1.807) is 25.1 Å². The number of sulfonamides is 1. The predicted molar refractivity (Wildman–Crippen MR) is 110 cm³/mol. The van der Waals surface area contributed by atoms with Gasteiger partial charge in [-0.3, -0.25) is 4.79 Å². The summed E-state index contributed by atoms with van der Waals surface area (Å²) in [5.41, 5.74) is 1.33. The summed E-state index contributed by atoms with van der Waals surface area (Å²) >= 11 is 5.85. The maximum Gasteiger partial charge on any atom is 0.338 e. The third kappa shape index (κ3) is 4.29. The highest BCUT2D eigenvalue weighted by atomic mass is 35.5. The smallest absolute Gasteiger partial charge is 0.338 e. The zero-order valence-electron chi connectivity index (χ0n) is 16.0. The summed E-state index contributed by atoms with van der Waals surface area (Å²) in [5, 5.41) is 3.19. The van der Waals surface area contributed by atoms with Crippen molar-refractivity contribution in [2.75, 3.05) is 19.0 Å². The second kappa shape index (κ2) is 8.52. The van der Waals surface area contributed by atoms with Crippen molar-refractivity contribution in [1.82, 2.24) is 4.31 Å². The molecule has 0 radical (unpaired) electrons. The van der Waals surface area contributed by atoms with E-state index in [9.17, 15) is 18.0 Å². The fraction of sp³-hybridized carbons (Fsp3) is 0.300. The molecule has 9 heteroatoms. The number of hydrogen-bond acceptors (Lipinski definition) is 5. The van der Waals surface area contributed by atoms with Gasteiger partial charge in [-0.2, -0.15) is 4.31 Å². The van der Waals surface area contributed by atoms with E-state index in [0.29, 0.717) is 34.7 Å². The van der Waals surface area contributed by atoms with Gasteiger partial charge < -0.3 is 10.1 Å². The van der Waals surface area contributed by atoms with E-state index in [1.165, 1.54) is 35.7 Å². The molecule has 1 N–H and O–H groups in total. The Morgan fingerprint density at radius 1 is 1.17 bits per heavy atom. The highest BCUT2D eigenvalue weighted by Crippen LogP contribution is 2.28. The number of carbonyl (C=O) groups is 2. The Balaban J connectivity index is 1.84. The Morgan fingerprint density at radius 3 is 2.52 bits per heavy atom. The molecular formula is C20H21ClN2O5S. The van der Waals surface area contributed by atoms with Gasteiger partial charge in [0.2, 0.25) is 15.9 Å². The minimum Gasteiger partial charge on any atom is -0.465 e. The SMILES string of the molecule is COC(=O)c1cccc(NC(=O)[C@H]2CCCN2S(=O)(=O)c2ccc(Cl)cc2)c1C. The van der Waals surface area contributed by atoms with Gasteiger partial charge in [-0.1, -0.05) is 17.7 Å². The molecule has 7 nitrogen and oxygen atoms in total. The molecule has 154 valence electrons. The number of methoxy groups -OCH3 is 1. The van der Waals surface area contributed by atoms with Gasteiger partial charge in [0.05, 0.1) is 17.6 Å². The van der Waals surface area contributed by atoms with Crippen LogP contribution in [0, 0.1) is 6.92 Å². The van der Waals surface area contributed by atoms with E-state index in [0.717, 1.165) is 0 Å². The van der Waals surface area contributed by atoms with Crippen LogP contribution in [0.5, 0.6) is 0 Å². The van der Waals surface area contributed by atoms with Crippen LogP contribution >= 0.6 is 11.6 Å². The van der Waals surface area contributed by atoms with Crippen molar-refractivity contribution in [1.29, 1.82) is 0 Å². The van der Waals surface area contributed by atoms with E-state index in [2.05, 4.69) is 5.32 Å². The predicted octanol–water partition coefficient (Wildman–Crippen LogP) is 3.23. The highest BCUT2D eigenvalue weighted by molar-refractivity contribution is 7.89. The molecule has 1 amide bonds. The van der Waals surface area contributed by atoms with Gasteiger partial charge >= 0.3 is 5.97 Å². The van der Waals surface area contributed by atoms with E-state index in [1.807, 2.05) is 0 Å². The van der Waals surface area contributed by atoms with Crippen molar-refractivity contribution in [3.8, 4) is 0 Å². The molecule has 1 aliphatic rings.